The van der Waals surface area contributed by atoms with Crippen LogP contribution in [-0.4, -0.2) is 28.7 Å². The first-order valence-corrected chi connectivity index (χ1v) is 17.5. The van der Waals surface area contributed by atoms with E-state index >= 15 is 0 Å². The minimum atomic E-state index is -0.338. The molecule has 0 atom stereocenters. The van der Waals surface area contributed by atoms with Gasteiger partial charge in [-0.05, 0) is 70.8 Å². The number of rotatable bonds is 6. The molecule has 0 fully saturated rings. The third kappa shape index (κ3) is 7.57. The second-order valence-electron chi connectivity index (χ2n) is 12.7. The van der Waals surface area contributed by atoms with Crippen molar-refractivity contribution in [1.29, 1.82) is 10.5 Å². The number of nitriles is 2. The smallest absolute Gasteiger partial charge is 0.250 e. The van der Waals surface area contributed by atoms with Crippen molar-refractivity contribution in [1.82, 2.24) is 28.7 Å². The van der Waals surface area contributed by atoms with Crippen LogP contribution in [0.3, 0.4) is 0 Å². The molecule has 10 nitrogen and oxygen atoms in total. The van der Waals surface area contributed by atoms with Crippen LogP contribution in [0.1, 0.15) is 11.1 Å². The topological polar surface area (TPSA) is 127 Å². The minimum Gasteiger partial charge on any atom is -0.318 e. The minimum absolute atomic E-state index is 0.110. The van der Waals surface area contributed by atoms with E-state index in [1.165, 1.54) is 27.3 Å². The molecule has 0 bridgehead atoms. The third-order valence-corrected chi connectivity index (χ3v) is 9.31. The fraction of sp³-hybridized carbons (Fsp3) is 0.0455. The monoisotopic (exact) mass is 756 g/mol. The highest BCUT2D eigenvalue weighted by molar-refractivity contribution is 6.30. The van der Waals surface area contributed by atoms with Crippen LogP contribution in [0.2, 0.25) is 5.02 Å². The summed E-state index contributed by atoms with van der Waals surface area (Å²) in [6.07, 6.45) is 10.6. The predicted molar refractivity (Wildman–Crippen MR) is 214 cm³/mol. The zero-order valence-corrected chi connectivity index (χ0v) is 30.8. The van der Waals surface area contributed by atoms with E-state index in [1.54, 1.807) is 90.7 Å². The van der Waals surface area contributed by atoms with E-state index in [-0.39, 0.29) is 16.9 Å². The molecular formula is C44H30ClFN8O2. The number of benzene rings is 4. The number of aryl methyl sites for hydroxylation is 2. The first kappa shape index (κ1) is 36.7. The Morgan fingerprint density at radius 1 is 0.554 bits per heavy atom. The summed E-state index contributed by atoms with van der Waals surface area (Å²) >= 11 is 6.15. The number of hydrogen-bond acceptors (Lipinski definition) is 6. The Bertz CT molecular complexity index is 2950. The molecule has 0 aliphatic heterocycles. The first-order chi connectivity index (χ1) is 27.1. The van der Waals surface area contributed by atoms with E-state index in [1.807, 2.05) is 60.9 Å². The second-order valence-corrected chi connectivity index (χ2v) is 13.2. The highest BCUT2D eigenvalue weighted by Gasteiger charge is 2.16. The van der Waals surface area contributed by atoms with Gasteiger partial charge in [-0.2, -0.15) is 20.7 Å². The van der Waals surface area contributed by atoms with Gasteiger partial charge in [-0.1, -0.05) is 60.1 Å². The van der Waals surface area contributed by atoms with Crippen LogP contribution in [0.25, 0.3) is 55.9 Å². The molecule has 0 aliphatic rings. The largest absolute Gasteiger partial charge is 0.318 e. The van der Waals surface area contributed by atoms with Gasteiger partial charge in [-0.15, -0.1) is 0 Å². The molecule has 4 aromatic heterocycles. The fourth-order valence-corrected chi connectivity index (χ4v) is 6.40. The van der Waals surface area contributed by atoms with Crippen LogP contribution < -0.4 is 11.1 Å². The summed E-state index contributed by atoms with van der Waals surface area (Å²) < 4.78 is 19.6. The van der Waals surface area contributed by atoms with Gasteiger partial charge in [0, 0.05) is 78.3 Å². The van der Waals surface area contributed by atoms with Crippen LogP contribution in [0, 0.1) is 28.5 Å². The standard InChI is InChI=1S/C22H15ClN4O.C22H15FN4O/c1-26-14-20(19(10-22(26)28)15-6-4-7-18(23)9-15)17-12-25-27(13-17)21-8-3-2-5-16(21)11-24;1-26-14-20(19(10-22(26)28)15-6-8-18(23)9-7-15)17-12-25-27(13-17)21-5-3-2-4-16(21)11-24/h2*2-10,12-14H,1H3. The molecule has 0 unspecified atom stereocenters. The predicted octanol–water partition coefficient (Wildman–Crippen LogP) is 8.35. The van der Waals surface area contributed by atoms with E-state index in [2.05, 4.69) is 22.3 Å². The molecular weight excluding hydrogens is 727 g/mol. The first-order valence-electron chi connectivity index (χ1n) is 17.2. The molecule has 56 heavy (non-hydrogen) atoms. The number of pyridine rings is 2. The molecule has 0 saturated carbocycles. The lowest BCUT2D eigenvalue weighted by Gasteiger charge is -2.10. The molecule has 0 saturated heterocycles. The van der Waals surface area contributed by atoms with Crippen LogP contribution >= 0.6 is 11.6 Å². The van der Waals surface area contributed by atoms with Crippen molar-refractivity contribution in [2.24, 2.45) is 14.1 Å². The van der Waals surface area contributed by atoms with Crippen LogP contribution in [0.5, 0.6) is 0 Å². The summed E-state index contributed by atoms with van der Waals surface area (Å²) in [6, 6.07) is 35.3. The highest BCUT2D eigenvalue weighted by atomic mass is 35.5. The van der Waals surface area contributed by atoms with Crippen LogP contribution in [-0.2, 0) is 14.1 Å². The van der Waals surface area contributed by atoms with Gasteiger partial charge in [-0.3, -0.25) is 9.59 Å². The SMILES string of the molecule is Cn1cc(-c2cnn(-c3ccccc3C#N)c2)c(-c2ccc(F)cc2)cc1=O.Cn1cc(-c2cnn(-c3ccccc3C#N)c2)c(-c2cccc(Cl)c2)cc1=O. The Balaban J connectivity index is 0.000000172. The maximum absolute atomic E-state index is 13.3. The molecule has 0 amide bonds. The fourth-order valence-electron chi connectivity index (χ4n) is 6.21. The normalized spacial score (nSPS) is 10.6. The van der Waals surface area contributed by atoms with Crippen LogP contribution in [0.4, 0.5) is 4.39 Å². The average molecular weight is 757 g/mol. The van der Waals surface area contributed by atoms with Gasteiger partial charge in [0.25, 0.3) is 11.1 Å². The molecule has 4 aromatic carbocycles. The van der Waals surface area contributed by atoms with Gasteiger partial charge >= 0.3 is 0 Å². The number of aromatic nitrogens is 6. The van der Waals surface area contributed by atoms with Gasteiger partial charge in [0.2, 0.25) is 0 Å². The number of hydrogen-bond donors (Lipinski definition) is 0. The van der Waals surface area contributed by atoms with Crippen molar-refractivity contribution >= 4 is 11.6 Å². The quantitative estimate of drug-likeness (QED) is 0.168. The van der Waals surface area contributed by atoms with Crippen molar-refractivity contribution in [2.75, 3.05) is 0 Å². The summed E-state index contributed by atoms with van der Waals surface area (Å²) in [5, 5.41) is 28.1. The van der Waals surface area contributed by atoms with Crippen molar-refractivity contribution < 1.29 is 4.39 Å². The molecule has 0 aliphatic carbocycles. The number of nitrogens with zero attached hydrogens (tertiary/aromatic N) is 8. The lowest BCUT2D eigenvalue weighted by Crippen LogP contribution is -2.15. The van der Waals surface area contributed by atoms with E-state index in [9.17, 15) is 24.5 Å². The Morgan fingerprint density at radius 2 is 1.04 bits per heavy atom. The number of para-hydroxylation sites is 2. The van der Waals surface area contributed by atoms with Crippen molar-refractivity contribution in [3.8, 4) is 68.0 Å². The Hall–Kier alpha value is -7.60. The molecule has 8 rings (SSSR count). The van der Waals surface area contributed by atoms with E-state index in [4.69, 9.17) is 11.6 Å². The lowest BCUT2D eigenvalue weighted by atomic mass is 9.98. The van der Waals surface area contributed by atoms with Gasteiger partial charge in [0.15, 0.2) is 0 Å². The highest BCUT2D eigenvalue weighted by Crippen LogP contribution is 2.33. The Morgan fingerprint density at radius 3 is 1.52 bits per heavy atom. The summed E-state index contributed by atoms with van der Waals surface area (Å²) in [5.74, 6) is -0.338. The lowest BCUT2D eigenvalue weighted by molar-refractivity contribution is 0.628. The molecule has 0 spiro atoms. The molecule has 272 valence electrons. The van der Waals surface area contributed by atoms with Crippen molar-refractivity contribution in [2.45, 2.75) is 0 Å². The number of halogens is 2. The summed E-state index contributed by atoms with van der Waals surface area (Å²) in [6.45, 7) is 0. The average Bonchev–Trinajstić information content (AvgIpc) is 3.92. The third-order valence-electron chi connectivity index (χ3n) is 9.08. The van der Waals surface area contributed by atoms with E-state index in [0.717, 1.165) is 38.9 Å². The summed E-state index contributed by atoms with van der Waals surface area (Å²) in [5.41, 5.74) is 8.45. The van der Waals surface area contributed by atoms with Crippen molar-refractivity contribution in [3.05, 3.63) is 189 Å². The van der Waals surface area contributed by atoms with E-state index in [0.29, 0.717) is 33.1 Å². The summed E-state index contributed by atoms with van der Waals surface area (Å²) in [4.78, 5) is 24.5. The zero-order valence-electron chi connectivity index (χ0n) is 30.0. The molecule has 0 N–H and O–H groups in total. The molecule has 0 radical (unpaired) electrons. The van der Waals surface area contributed by atoms with Gasteiger partial charge in [0.1, 0.15) is 18.0 Å². The van der Waals surface area contributed by atoms with E-state index < -0.39 is 0 Å². The molecule has 8 aromatic rings. The zero-order chi connectivity index (χ0) is 39.3. The van der Waals surface area contributed by atoms with Crippen LogP contribution in [0.15, 0.2) is 156 Å². The van der Waals surface area contributed by atoms with Crippen molar-refractivity contribution in [3.63, 3.8) is 0 Å². The van der Waals surface area contributed by atoms with Gasteiger partial charge in [0.05, 0.1) is 34.9 Å². The summed E-state index contributed by atoms with van der Waals surface area (Å²) in [7, 11) is 3.39. The second kappa shape index (κ2) is 15.8. The maximum atomic E-state index is 13.3. The Kier molecular flexibility index (Phi) is 10.4. The van der Waals surface area contributed by atoms with Gasteiger partial charge < -0.3 is 9.13 Å². The maximum Gasteiger partial charge on any atom is 0.250 e. The molecule has 12 heteroatoms. The molecule has 4 heterocycles. The Labute approximate surface area is 325 Å². The van der Waals surface area contributed by atoms with Gasteiger partial charge in [-0.25, -0.2) is 13.8 Å².